The van der Waals surface area contributed by atoms with Crippen molar-refractivity contribution >= 4 is 28.2 Å². The van der Waals surface area contributed by atoms with E-state index < -0.39 is 0 Å². The lowest BCUT2D eigenvalue weighted by molar-refractivity contribution is 0.0746. The number of nitrogens with two attached hydrogens (primary N) is 1. The van der Waals surface area contributed by atoms with E-state index in [-0.39, 0.29) is 5.91 Å². The summed E-state index contributed by atoms with van der Waals surface area (Å²) in [5.74, 6) is 0.861. The van der Waals surface area contributed by atoms with Gasteiger partial charge in [0.05, 0.1) is 0 Å². The summed E-state index contributed by atoms with van der Waals surface area (Å²) in [4.78, 5) is 19.4. The minimum atomic E-state index is 0.00876. The van der Waals surface area contributed by atoms with Crippen molar-refractivity contribution in [2.75, 3.05) is 24.1 Å². The van der Waals surface area contributed by atoms with Crippen molar-refractivity contribution in [3.8, 4) is 0 Å². The molecule has 1 fully saturated rings. The van der Waals surface area contributed by atoms with Crippen LogP contribution in [0.4, 0.5) is 10.9 Å². The predicted octanol–water partition coefficient (Wildman–Crippen LogP) is 3.20. The van der Waals surface area contributed by atoms with Crippen LogP contribution in [0.3, 0.4) is 0 Å². The van der Waals surface area contributed by atoms with Crippen LogP contribution in [0.25, 0.3) is 0 Å². The van der Waals surface area contributed by atoms with Gasteiger partial charge < -0.3 is 16.0 Å². The van der Waals surface area contributed by atoms with E-state index in [2.05, 4.69) is 24.1 Å². The highest BCUT2D eigenvalue weighted by Crippen LogP contribution is 2.30. The number of carbonyl (C=O) groups is 1. The quantitative estimate of drug-likeness (QED) is 0.811. The summed E-state index contributed by atoms with van der Waals surface area (Å²) in [6.07, 6.45) is 4.69. The molecule has 1 heterocycles. The van der Waals surface area contributed by atoms with Crippen molar-refractivity contribution in [3.63, 3.8) is 0 Å². The van der Waals surface area contributed by atoms with Crippen molar-refractivity contribution in [2.45, 2.75) is 52.5 Å². The molecule has 2 rings (SSSR count). The minimum absolute atomic E-state index is 0.00876. The molecule has 118 valence electrons. The van der Waals surface area contributed by atoms with Crippen molar-refractivity contribution in [2.24, 2.45) is 5.92 Å². The number of amides is 1. The van der Waals surface area contributed by atoms with Gasteiger partial charge >= 0.3 is 0 Å². The molecule has 1 saturated carbocycles. The maximum absolute atomic E-state index is 12.6. The highest BCUT2D eigenvalue weighted by molar-refractivity contribution is 7.18. The number of hydrogen-bond acceptors (Lipinski definition) is 5. The Labute approximate surface area is 130 Å². The first-order chi connectivity index (χ1) is 10.0. The Kier molecular flexibility index (Phi) is 5.45. The summed E-state index contributed by atoms with van der Waals surface area (Å²) in [6.45, 7) is 7.78. The molecule has 1 atom stereocenters. The monoisotopic (exact) mass is 310 g/mol. The summed E-state index contributed by atoms with van der Waals surface area (Å²) >= 11 is 1.39. The molecule has 1 aromatic heterocycles. The van der Waals surface area contributed by atoms with Crippen LogP contribution in [0.2, 0.25) is 0 Å². The highest BCUT2D eigenvalue weighted by Gasteiger charge is 2.24. The molecule has 1 aromatic rings. The lowest BCUT2D eigenvalue weighted by Crippen LogP contribution is -2.34. The van der Waals surface area contributed by atoms with Crippen LogP contribution in [-0.2, 0) is 0 Å². The largest absolute Gasteiger partial charge is 0.382 e. The number of nitrogen functional groups attached to an aromatic ring is 1. The Bertz CT molecular complexity index is 484. The van der Waals surface area contributed by atoms with Crippen LogP contribution in [0.15, 0.2) is 0 Å². The van der Waals surface area contributed by atoms with E-state index in [1.807, 2.05) is 11.8 Å². The standard InChI is InChI=1S/C15H26N4OS/c1-4-10(3)9-19(5-2)14(20)12-13(16)18-15(21-12)17-11-7-6-8-11/h10-11H,4-9,16H2,1-3H3,(H,17,18). The maximum atomic E-state index is 12.6. The second-order valence-electron chi connectivity index (χ2n) is 5.86. The van der Waals surface area contributed by atoms with Gasteiger partial charge in [0.2, 0.25) is 0 Å². The summed E-state index contributed by atoms with van der Waals surface area (Å²) < 4.78 is 0. The van der Waals surface area contributed by atoms with Gasteiger partial charge in [-0.2, -0.15) is 0 Å². The van der Waals surface area contributed by atoms with Gasteiger partial charge in [-0.05, 0) is 32.1 Å². The molecule has 0 saturated heterocycles. The molecule has 0 aliphatic heterocycles. The van der Waals surface area contributed by atoms with Crippen molar-refractivity contribution < 1.29 is 4.79 Å². The van der Waals surface area contributed by atoms with Gasteiger partial charge in [0, 0.05) is 19.1 Å². The molecule has 3 N–H and O–H groups in total. The number of aromatic nitrogens is 1. The van der Waals surface area contributed by atoms with Crippen LogP contribution in [0.5, 0.6) is 0 Å². The lowest BCUT2D eigenvalue weighted by atomic mass is 9.93. The highest BCUT2D eigenvalue weighted by atomic mass is 32.1. The molecule has 0 spiro atoms. The molecule has 1 unspecified atom stereocenters. The molecule has 1 aliphatic carbocycles. The number of anilines is 2. The number of rotatable bonds is 7. The van der Waals surface area contributed by atoms with Crippen LogP contribution in [0, 0.1) is 5.92 Å². The van der Waals surface area contributed by atoms with E-state index in [9.17, 15) is 4.79 Å². The molecular weight excluding hydrogens is 284 g/mol. The summed E-state index contributed by atoms with van der Waals surface area (Å²) in [5, 5.41) is 4.14. The van der Waals surface area contributed by atoms with E-state index >= 15 is 0 Å². The fourth-order valence-electron chi connectivity index (χ4n) is 2.28. The van der Waals surface area contributed by atoms with Crippen LogP contribution in [0.1, 0.15) is 56.1 Å². The fraction of sp³-hybridized carbons (Fsp3) is 0.733. The number of nitrogens with one attached hydrogen (secondary N) is 1. The first-order valence-corrected chi connectivity index (χ1v) is 8.68. The molecule has 0 aromatic carbocycles. The van der Waals surface area contributed by atoms with Crippen molar-refractivity contribution in [1.82, 2.24) is 9.88 Å². The fourth-order valence-corrected chi connectivity index (χ4v) is 3.21. The zero-order chi connectivity index (χ0) is 15.4. The molecule has 21 heavy (non-hydrogen) atoms. The Balaban J connectivity index is 2.06. The Hall–Kier alpha value is -1.30. The summed E-state index contributed by atoms with van der Waals surface area (Å²) in [6, 6.07) is 0.501. The molecule has 0 radical (unpaired) electrons. The average Bonchev–Trinajstić information content (AvgIpc) is 2.80. The third kappa shape index (κ3) is 3.87. The smallest absolute Gasteiger partial charge is 0.267 e. The minimum Gasteiger partial charge on any atom is -0.382 e. The van der Waals surface area contributed by atoms with Crippen LogP contribution >= 0.6 is 11.3 Å². The average molecular weight is 310 g/mol. The lowest BCUT2D eigenvalue weighted by Gasteiger charge is -2.25. The first kappa shape index (κ1) is 16.1. The SMILES string of the molecule is CCC(C)CN(CC)C(=O)c1sc(NC2CCC2)nc1N. The Morgan fingerprint density at radius 2 is 2.24 bits per heavy atom. The van der Waals surface area contributed by atoms with E-state index in [0.29, 0.717) is 29.2 Å². The summed E-state index contributed by atoms with van der Waals surface area (Å²) in [7, 11) is 0. The predicted molar refractivity (Wildman–Crippen MR) is 88.8 cm³/mol. The van der Waals surface area contributed by atoms with Gasteiger partial charge in [0.1, 0.15) is 10.7 Å². The number of nitrogens with zero attached hydrogens (tertiary/aromatic N) is 2. The van der Waals surface area contributed by atoms with Crippen molar-refractivity contribution in [1.29, 1.82) is 0 Å². The third-order valence-corrected chi connectivity index (χ3v) is 5.17. The molecular formula is C15H26N4OS. The Morgan fingerprint density at radius 3 is 2.76 bits per heavy atom. The number of carbonyl (C=O) groups excluding carboxylic acids is 1. The molecule has 5 nitrogen and oxygen atoms in total. The molecule has 0 bridgehead atoms. The Morgan fingerprint density at radius 1 is 1.52 bits per heavy atom. The molecule has 1 aliphatic rings. The zero-order valence-corrected chi connectivity index (χ0v) is 14.0. The maximum Gasteiger partial charge on any atom is 0.267 e. The second-order valence-corrected chi connectivity index (χ2v) is 6.86. The molecule has 6 heteroatoms. The number of hydrogen-bond donors (Lipinski definition) is 2. The van der Waals surface area contributed by atoms with Gasteiger partial charge in [-0.15, -0.1) is 0 Å². The van der Waals surface area contributed by atoms with E-state index in [1.54, 1.807) is 0 Å². The first-order valence-electron chi connectivity index (χ1n) is 7.87. The van der Waals surface area contributed by atoms with Gasteiger partial charge in [0.15, 0.2) is 5.13 Å². The zero-order valence-electron chi connectivity index (χ0n) is 13.2. The van der Waals surface area contributed by atoms with Gasteiger partial charge in [0.25, 0.3) is 5.91 Å². The normalized spacial score (nSPS) is 16.3. The van der Waals surface area contributed by atoms with Gasteiger partial charge in [-0.3, -0.25) is 4.79 Å². The third-order valence-electron chi connectivity index (χ3n) is 4.18. The topological polar surface area (TPSA) is 71.2 Å². The second kappa shape index (κ2) is 7.11. The van der Waals surface area contributed by atoms with E-state index in [0.717, 1.165) is 18.1 Å². The molecule has 1 amide bonds. The van der Waals surface area contributed by atoms with E-state index in [1.165, 1.54) is 30.6 Å². The summed E-state index contributed by atoms with van der Waals surface area (Å²) in [5.41, 5.74) is 5.95. The van der Waals surface area contributed by atoms with E-state index in [4.69, 9.17) is 5.73 Å². The van der Waals surface area contributed by atoms with Crippen LogP contribution < -0.4 is 11.1 Å². The number of thiazole rings is 1. The van der Waals surface area contributed by atoms with Crippen LogP contribution in [-0.4, -0.2) is 34.9 Å². The van der Waals surface area contributed by atoms with Gasteiger partial charge in [-0.1, -0.05) is 31.6 Å². The van der Waals surface area contributed by atoms with Gasteiger partial charge in [-0.25, -0.2) is 4.98 Å². The van der Waals surface area contributed by atoms with Crippen molar-refractivity contribution in [3.05, 3.63) is 4.88 Å².